The first-order chi connectivity index (χ1) is 8.97. The Morgan fingerprint density at radius 1 is 1.47 bits per heavy atom. The number of aromatic nitrogens is 2. The monoisotopic (exact) mass is 279 g/mol. The molecule has 1 amide bonds. The smallest absolute Gasteiger partial charge is 0.230 e. The molecule has 0 atom stereocenters. The van der Waals surface area contributed by atoms with Crippen molar-refractivity contribution in [2.24, 2.45) is 0 Å². The van der Waals surface area contributed by atoms with Crippen LogP contribution in [0.1, 0.15) is 42.5 Å². The maximum Gasteiger partial charge on any atom is 0.230 e. The predicted octanol–water partition coefficient (Wildman–Crippen LogP) is 3.05. The van der Waals surface area contributed by atoms with Gasteiger partial charge in [-0.25, -0.2) is 4.98 Å². The van der Waals surface area contributed by atoms with Crippen molar-refractivity contribution in [2.45, 2.75) is 40.0 Å². The molecule has 5 nitrogen and oxygen atoms in total. The second-order valence-electron chi connectivity index (χ2n) is 4.76. The molecule has 19 heavy (non-hydrogen) atoms. The summed E-state index contributed by atoms with van der Waals surface area (Å²) in [6, 6.07) is 0. The number of amides is 1. The molecule has 2 heterocycles. The van der Waals surface area contributed by atoms with E-state index in [9.17, 15) is 4.79 Å². The molecule has 0 saturated heterocycles. The first kappa shape index (κ1) is 13.7. The summed E-state index contributed by atoms with van der Waals surface area (Å²) in [6.07, 6.45) is 0.262. The van der Waals surface area contributed by atoms with Gasteiger partial charge in [0.25, 0.3) is 0 Å². The maximum atomic E-state index is 11.9. The Morgan fingerprint density at radius 2 is 2.21 bits per heavy atom. The van der Waals surface area contributed by atoms with Crippen molar-refractivity contribution < 1.29 is 9.32 Å². The van der Waals surface area contributed by atoms with Crippen LogP contribution in [0.25, 0.3) is 0 Å². The standard InChI is InChI=1S/C13H17N3O2S/c1-7(2)11-6-19-13(14-11)15-12(17)5-10-8(3)16-18-9(10)4/h6-7H,5H2,1-4H3,(H,14,15,17). The Labute approximate surface area is 116 Å². The van der Waals surface area contributed by atoms with E-state index < -0.39 is 0 Å². The number of nitrogens with zero attached hydrogens (tertiary/aromatic N) is 2. The van der Waals surface area contributed by atoms with Crippen molar-refractivity contribution in [3.63, 3.8) is 0 Å². The third kappa shape index (κ3) is 3.20. The zero-order chi connectivity index (χ0) is 14.0. The van der Waals surface area contributed by atoms with E-state index in [1.54, 1.807) is 0 Å². The molecule has 0 aliphatic rings. The largest absolute Gasteiger partial charge is 0.361 e. The van der Waals surface area contributed by atoms with Crippen LogP contribution >= 0.6 is 11.3 Å². The first-order valence-electron chi connectivity index (χ1n) is 6.14. The molecule has 2 aromatic rings. The van der Waals surface area contributed by atoms with Gasteiger partial charge in [-0.15, -0.1) is 11.3 Å². The van der Waals surface area contributed by atoms with Gasteiger partial charge in [-0.05, 0) is 19.8 Å². The summed E-state index contributed by atoms with van der Waals surface area (Å²) in [5.41, 5.74) is 2.60. The lowest BCUT2D eigenvalue weighted by atomic mass is 10.1. The van der Waals surface area contributed by atoms with E-state index in [4.69, 9.17) is 4.52 Å². The van der Waals surface area contributed by atoms with E-state index in [1.165, 1.54) is 11.3 Å². The third-order valence-corrected chi connectivity index (χ3v) is 3.65. The summed E-state index contributed by atoms with van der Waals surface area (Å²) < 4.78 is 5.04. The molecular formula is C13H17N3O2S. The van der Waals surface area contributed by atoms with Crippen LogP contribution in [0.4, 0.5) is 5.13 Å². The van der Waals surface area contributed by atoms with E-state index in [0.717, 1.165) is 17.0 Å². The highest BCUT2D eigenvalue weighted by Gasteiger charge is 2.15. The number of rotatable bonds is 4. The number of thiazole rings is 1. The van der Waals surface area contributed by atoms with Crippen molar-refractivity contribution >= 4 is 22.4 Å². The molecular weight excluding hydrogens is 262 g/mol. The zero-order valence-corrected chi connectivity index (χ0v) is 12.3. The first-order valence-corrected chi connectivity index (χ1v) is 7.02. The van der Waals surface area contributed by atoms with E-state index in [-0.39, 0.29) is 12.3 Å². The molecule has 0 aromatic carbocycles. The SMILES string of the molecule is Cc1noc(C)c1CC(=O)Nc1nc(C(C)C)cs1. The van der Waals surface area contributed by atoms with Gasteiger partial charge in [-0.2, -0.15) is 0 Å². The predicted molar refractivity (Wildman–Crippen MR) is 74.5 cm³/mol. The van der Waals surface area contributed by atoms with Crippen molar-refractivity contribution in [1.82, 2.24) is 10.1 Å². The normalized spacial score (nSPS) is 11.0. The molecule has 2 aromatic heterocycles. The Kier molecular flexibility index (Phi) is 3.99. The van der Waals surface area contributed by atoms with Crippen molar-refractivity contribution in [1.29, 1.82) is 0 Å². The van der Waals surface area contributed by atoms with Crippen molar-refractivity contribution in [2.75, 3.05) is 5.32 Å². The van der Waals surface area contributed by atoms with Gasteiger partial charge in [0.1, 0.15) is 5.76 Å². The summed E-state index contributed by atoms with van der Waals surface area (Å²) in [5.74, 6) is 0.957. The van der Waals surface area contributed by atoms with Crippen LogP contribution in [0.3, 0.4) is 0 Å². The molecule has 0 saturated carbocycles. The van der Waals surface area contributed by atoms with Gasteiger partial charge in [0.2, 0.25) is 5.91 Å². The van der Waals surface area contributed by atoms with Crippen molar-refractivity contribution in [3.8, 4) is 0 Å². The van der Waals surface area contributed by atoms with Crippen molar-refractivity contribution in [3.05, 3.63) is 28.1 Å². The Balaban J connectivity index is 2.01. The zero-order valence-electron chi connectivity index (χ0n) is 11.5. The average Bonchev–Trinajstić information content (AvgIpc) is 2.91. The lowest BCUT2D eigenvalue weighted by Gasteiger charge is -2.01. The molecule has 0 aliphatic carbocycles. The lowest BCUT2D eigenvalue weighted by Crippen LogP contribution is -2.15. The number of carbonyl (C=O) groups excluding carboxylic acids is 1. The Bertz CT molecular complexity index is 567. The van der Waals surface area contributed by atoms with E-state index in [2.05, 4.69) is 29.3 Å². The van der Waals surface area contributed by atoms with Crippen LogP contribution in [0, 0.1) is 13.8 Å². The number of aryl methyl sites for hydroxylation is 2. The fourth-order valence-electron chi connectivity index (χ4n) is 1.69. The highest BCUT2D eigenvalue weighted by molar-refractivity contribution is 7.13. The van der Waals surface area contributed by atoms with E-state index >= 15 is 0 Å². The second-order valence-corrected chi connectivity index (χ2v) is 5.62. The molecule has 102 valence electrons. The molecule has 0 fully saturated rings. The minimum Gasteiger partial charge on any atom is -0.361 e. The molecule has 0 aliphatic heterocycles. The highest BCUT2D eigenvalue weighted by Crippen LogP contribution is 2.22. The van der Waals surface area contributed by atoms with Gasteiger partial charge in [-0.1, -0.05) is 19.0 Å². The van der Waals surface area contributed by atoms with Gasteiger partial charge >= 0.3 is 0 Å². The summed E-state index contributed by atoms with van der Waals surface area (Å²) in [7, 11) is 0. The topological polar surface area (TPSA) is 68.0 Å². The van der Waals surface area contributed by atoms with Crippen LogP contribution in [-0.4, -0.2) is 16.0 Å². The molecule has 1 N–H and O–H groups in total. The van der Waals surface area contributed by atoms with E-state index in [1.807, 2.05) is 19.2 Å². The van der Waals surface area contributed by atoms with E-state index in [0.29, 0.717) is 16.8 Å². The van der Waals surface area contributed by atoms with Crippen LogP contribution in [-0.2, 0) is 11.2 Å². The molecule has 2 rings (SSSR count). The summed E-state index contributed by atoms with van der Waals surface area (Å²) in [6.45, 7) is 7.79. The van der Waals surface area contributed by atoms with Gasteiger partial charge < -0.3 is 9.84 Å². The van der Waals surface area contributed by atoms with Crippen LogP contribution in [0.5, 0.6) is 0 Å². The molecule has 0 radical (unpaired) electrons. The Hall–Kier alpha value is -1.69. The van der Waals surface area contributed by atoms with Gasteiger partial charge in [0.05, 0.1) is 17.8 Å². The minimum absolute atomic E-state index is 0.0981. The number of hydrogen-bond donors (Lipinski definition) is 1. The number of hydrogen-bond acceptors (Lipinski definition) is 5. The lowest BCUT2D eigenvalue weighted by molar-refractivity contribution is -0.115. The summed E-state index contributed by atoms with van der Waals surface area (Å²) >= 11 is 1.45. The number of anilines is 1. The average molecular weight is 279 g/mol. The summed E-state index contributed by atoms with van der Waals surface area (Å²) in [4.78, 5) is 16.3. The molecule has 6 heteroatoms. The highest BCUT2D eigenvalue weighted by atomic mass is 32.1. The van der Waals surface area contributed by atoms with Gasteiger partial charge in [0.15, 0.2) is 5.13 Å². The molecule has 0 spiro atoms. The quantitative estimate of drug-likeness (QED) is 0.934. The molecule has 0 bridgehead atoms. The molecule has 0 unspecified atom stereocenters. The van der Waals surface area contributed by atoms with Gasteiger partial charge in [-0.3, -0.25) is 4.79 Å². The van der Waals surface area contributed by atoms with Gasteiger partial charge in [0, 0.05) is 10.9 Å². The minimum atomic E-state index is -0.0981. The fraction of sp³-hybridized carbons (Fsp3) is 0.462. The van der Waals surface area contributed by atoms with Crippen LogP contribution < -0.4 is 5.32 Å². The second kappa shape index (κ2) is 5.52. The Morgan fingerprint density at radius 3 is 2.74 bits per heavy atom. The fourth-order valence-corrected chi connectivity index (χ4v) is 2.58. The van der Waals surface area contributed by atoms with Crippen LogP contribution in [0.2, 0.25) is 0 Å². The van der Waals surface area contributed by atoms with Crippen LogP contribution in [0.15, 0.2) is 9.90 Å². The maximum absolute atomic E-state index is 11.9. The third-order valence-electron chi connectivity index (χ3n) is 2.88. The number of carbonyl (C=O) groups is 1. The number of nitrogens with one attached hydrogen (secondary N) is 1. The summed E-state index contributed by atoms with van der Waals surface area (Å²) in [5, 5.41) is 9.25.